The van der Waals surface area contributed by atoms with Crippen LogP contribution in [0, 0.1) is 6.92 Å². The summed E-state index contributed by atoms with van der Waals surface area (Å²) in [5.74, 6) is 0.937. The smallest absolute Gasteiger partial charge is 0.410 e. The van der Waals surface area contributed by atoms with Crippen molar-refractivity contribution < 1.29 is 9.53 Å². The fraction of sp³-hybridized carbons (Fsp3) is 0.588. The van der Waals surface area contributed by atoms with Gasteiger partial charge in [-0.15, -0.1) is 0 Å². The van der Waals surface area contributed by atoms with Crippen LogP contribution in [0.15, 0.2) is 12.5 Å². The third kappa shape index (κ3) is 3.88. The maximum Gasteiger partial charge on any atom is 0.410 e. The average Bonchev–Trinajstić information content (AvgIpc) is 2.89. The quantitative estimate of drug-likeness (QED) is 0.594. The van der Waals surface area contributed by atoms with E-state index in [9.17, 15) is 4.79 Å². The summed E-state index contributed by atoms with van der Waals surface area (Å²) in [6.45, 7) is 11.9. The lowest BCUT2D eigenvalue weighted by molar-refractivity contribution is 0.0159. The van der Waals surface area contributed by atoms with Crippen molar-refractivity contribution in [1.29, 1.82) is 0 Å². The van der Waals surface area contributed by atoms with E-state index in [2.05, 4.69) is 53.2 Å². The van der Waals surface area contributed by atoms with E-state index in [1.165, 1.54) is 0 Å². The van der Waals surface area contributed by atoms with Crippen LogP contribution in [0.5, 0.6) is 0 Å². The molecule has 0 radical (unpaired) electrons. The number of rotatable bonds is 2. The van der Waals surface area contributed by atoms with Gasteiger partial charge in [-0.3, -0.25) is 3.97 Å². The standard InChI is InChI=1S/C17H24IN5O2S/c1-11-8-23(26-18)15-13(11)14(19-10-20-15)21-6-7-22(12(2)9-21)16(24)25-17(3,4)5/h8,10,12H,6-7,9H2,1-5H3. The number of aromatic nitrogens is 3. The number of amides is 1. The van der Waals surface area contributed by atoms with Gasteiger partial charge in [-0.2, -0.15) is 0 Å². The van der Waals surface area contributed by atoms with Gasteiger partial charge in [0.1, 0.15) is 17.7 Å². The Morgan fingerprint density at radius 3 is 2.69 bits per heavy atom. The van der Waals surface area contributed by atoms with Crippen molar-refractivity contribution in [3.05, 3.63) is 18.1 Å². The molecule has 1 fully saturated rings. The van der Waals surface area contributed by atoms with E-state index in [-0.39, 0.29) is 12.1 Å². The number of halogens is 1. The number of ether oxygens (including phenoxy) is 1. The molecule has 9 heteroatoms. The highest BCUT2D eigenvalue weighted by Crippen LogP contribution is 2.32. The number of fused-ring (bicyclic) bond motifs is 1. The molecule has 0 spiro atoms. The highest BCUT2D eigenvalue weighted by atomic mass is 127. The normalized spacial score (nSPS) is 18.5. The molecule has 0 N–H and O–H groups in total. The molecule has 142 valence electrons. The van der Waals surface area contributed by atoms with Gasteiger partial charge in [0, 0.05) is 62.2 Å². The second kappa shape index (κ2) is 7.41. The molecule has 3 rings (SSSR count). The summed E-state index contributed by atoms with van der Waals surface area (Å²) in [7, 11) is 1.59. The Hall–Kier alpha value is -1.23. The summed E-state index contributed by atoms with van der Waals surface area (Å²) in [5, 5.41) is 1.08. The second-order valence-corrected chi connectivity index (χ2v) is 9.28. The molecule has 26 heavy (non-hydrogen) atoms. The molecule has 1 atom stereocenters. The Morgan fingerprint density at radius 1 is 1.35 bits per heavy atom. The van der Waals surface area contributed by atoms with Crippen LogP contribution in [0.4, 0.5) is 10.6 Å². The lowest BCUT2D eigenvalue weighted by Crippen LogP contribution is -2.55. The van der Waals surface area contributed by atoms with E-state index in [0.717, 1.165) is 29.0 Å². The summed E-state index contributed by atoms with van der Waals surface area (Å²) in [5.41, 5.74) is 1.60. The third-order valence-corrected chi connectivity index (χ3v) is 6.05. The zero-order chi connectivity index (χ0) is 19.1. The number of carbonyl (C=O) groups excluding carboxylic acids is 1. The molecule has 1 aliphatic rings. The summed E-state index contributed by atoms with van der Waals surface area (Å²) >= 11 is 2.25. The van der Waals surface area contributed by atoms with Crippen LogP contribution in [0.25, 0.3) is 11.0 Å². The van der Waals surface area contributed by atoms with Crippen LogP contribution >= 0.6 is 30.3 Å². The van der Waals surface area contributed by atoms with Gasteiger partial charge in [0.2, 0.25) is 0 Å². The van der Waals surface area contributed by atoms with E-state index >= 15 is 0 Å². The predicted octanol–water partition coefficient (Wildman–Crippen LogP) is 4.03. The van der Waals surface area contributed by atoms with Gasteiger partial charge >= 0.3 is 6.09 Å². The minimum absolute atomic E-state index is 0.0463. The van der Waals surface area contributed by atoms with E-state index < -0.39 is 5.60 Å². The van der Waals surface area contributed by atoms with E-state index in [0.29, 0.717) is 13.1 Å². The first kappa shape index (κ1) is 19.5. The van der Waals surface area contributed by atoms with Gasteiger partial charge in [-0.1, -0.05) is 0 Å². The molecule has 1 unspecified atom stereocenters. The summed E-state index contributed by atoms with van der Waals surface area (Å²) in [4.78, 5) is 25.5. The number of aryl methyl sites for hydroxylation is 1. The molecule has 3 heterocycles. The van der Waals surface area contributed by atoms with Crippen molar-refractivity contribution in [3.63, 3.8) is 0 Å². The van der Waals surface area contributed by atoms with Crippen molar-refractivity contribution in [2.24, 2.45) is 0 Å². The molecular formula is C17H24IN5O2S. The largest absolute Gasteiger partial charge is 0.444 e. The zero-order valence-electron chi connectivity index (χ0n) is 15.7. The molecule has 7 nitrogen and oxygen atoms in total. The summed E-state index contributed by atoms with van der Waals surface area (Å²) in [6, 6.07) is 0.0463. The maximum atomic E-state index is 12.4. The van der Waals surface area contributed by atoms with Crippen molar-refractivity contribution in [2.45, 2.75) is 46.3 Å². The molecule has 0 saturated carbocycles. The Kier molecular flexibility index (Phi) is 5.57. The number of carbonyl (C=O) groups is 1. The number of hydrogen-bond acceptors (Lipinski definition) is 6. The molecule has 0 aromatic carbocycles. The van der Waals surface area contributed by atoms with Crippen LogP contribution in [0.2, 0.25) is 0 Å². The minimum Gasteiger partial charge on any atom is -0.444 e. The molecule has 1 aliphatic heterocycles. The Balaban J connectivity index is 1.83. The molecule has 1 saturated heterocycles. The topological polar surface area (TPSA) is 63.5 Å². The van der Waals surface area contributed by atoms with Gasteiger partial charge in [0.25, 0.3) is 0 Å². The van der Waals surface area contributed by atoms with Crippen molar-refractivity contribution >= 4 is 53.3 Å². The summed E-state index contributed by atoms with van der Waals surface area (Å²) in [6.07, 6.45) is 3.45. The SMILES string of the molecule is Cc1cn(SI)c2ncnc(N3CCN(C(=O)OC(C)(C)C)C(C)C3)c12. The number of nitrogens with zero attached hydrogens (tertiary/aromatic N) is 5. The molecule has 1 amide bonds. The molecule has 2 aromatic heterocycles. The third-order valence-electron chi connectivity index (χ3n) is 4.35. The van der Waals surface area contributed by atoms with Crippen LogP contribution in [-0.4, -0.2) is 56.2 Å². The second-order valence-electron chi connectivity index (χ2n) is 7.57. The Labute approximate surface area is 170 Å². The number of anilines is 1. The highest BCUT2D eigenvalue weighted by Gasteiger charge is 2.32. The Morgan fingerprint density at radius 2 is 2.08 bits per heavy atom. The van der Waals surface area contributed by atoms with Gasteiger partial charge in [-0.05, 0) is 40.2 Å². The Bertz CT molecular complexity index is 819. The van der Waals surface area contributed by atoms with E-state index in [1.807, 2.05) is 27.7 Å². The number of piperazine rings is 1. The molecular weight excluding hydrogens is 465 g/mol. The van der Waals surface area contributed by atoms with Crippen molar-refractivity contribution in [2.75, 3.05) is 24.5 Å². The first-order valence-electron chi connectivity index (χ1n) is 8.57. The molecule has 0 bridgehead atoms. The maximum absolute atomic E-state index is 12.4. The van der Waals surface area contributed by atoms with Gasteiger partial charge in [0.15, 0.2) is 5.65 Å². The lowest BCUT2D eigenvalue weighted by Gasteiger charge is -2.40. The van der Waals surface area contributed by atoms with E-state index in [1.54, 1.807) is 20.3 Å². The van der Waals surface area contributed by atoms with Gasteiger partial charge < -0.3 is 14.5 Å². The van der Waals surface area contributed by atoms with Crippen molar-refractivity contribution in [1.82, 2.24) is 18.8 Å². The molecule has 2 aromatic rings. The van der Waals surface area contributed by atoms with Crippen molar-refractivity contribution in [3.8, 4) is 0 Å². The van der Waals surface area contributed by atoms with Crippen LogP contribution in [-0.2, 0) is 4.74 Å². The zero-order valence-corrected chi connectivity index (χ0v) is 18.7. The first-order valence-corrected chi connectivity index (χ1v) is 11.9. The van der Waals surface area contributed by atoms with Crippen LogP contribution < -0.4 is 4.90 Å². The summed E-state index contributed by atoms with van der Waals surface area (Å²) < 4.78 is 7.58. The lowest BCUT2D eigenvalue weighted by atomic mass is 10.1. The minimum atomic E-state index is -0.482. The van der Waals surface area contributed by atoms with Crippen LogP contribution in [0.1, 0.15) is 33.3 Å². The van der Waals surface area contributed by atoms with Gasteiger partial charge in [-0.25, -0.2) is 14.8 Å². The van der Waals surface area contributed by atoms with Gasteiger partial charge in [0.05, 0.1) is 5.39 Å². The molecule has 0 aliphatic carbocycles. The highest BCUT2D eigenvalue weighted by molar-refractivity contribution is 14.2. The van der Waals surface area contributed by atoms with Crippen LogP contribution in [0.3, 0.4) is 0 Å². The fourth-order valence-electron chi connectivity index (χ4n) is 3.22. The fourth-order valence-corrected chi connectivity index (χ4v) is 4.53. The number of hydrogen-bond donors (Lipinski definition) is 0. The predicted molar refractivity (Wildman–Crippen MR) is 114 cm³/mol. The average molecular weight is 489 g/mol. The first-order chi connectivity index (χ1) is 12.2. The van der Waals surface area contributed by atoms with E-state index in [4.69, 9.17) is 4.74 Å². The monoisotopic (exact) mass is 489 g/mol.